The molecule has 17 heavy (non-hydrogen) atoms. The molecule has 0 amide bonds. The first-order valence-corrected chi connectivity index (χ1v) is 5.71. The lowest BCUT2D eigenvalue weighted by Crippen LogP contribution is -2.18. The van der Waals surface area contributed by atoms with E-state index in [9.17, 15) is 4.39 Å². The van der Waals surface area contributed by atoms with Crippen molar-refractivity contribution in [2.45, 2.75) is 25.4 Å². The molecule has 1 N–H and O–H groups in total. The summed E-state index contributed by atoms with van der Waals surface area (Å²) in [6, 6.07) is 6.88. The number of aromatic nitrogens is 3. The maximum absolute atomic E-state index is 12.8. The fourth-order valence-electron chi connectivity index (χ4n) is 1.71. The van der Waals surface area contributed by atoms with Crippen LogP contribution in [0.2, 0.25) is 0 Å². The first kappa shape index (κ1) is 10.4. The number of halogens is 1. The highest BCUT2D eigenvalue weighted by atomic mass is 19.1. The van der Waals surface area contributed by atoms with Gasteiger partial charge in [-0.2, -0.15) is 5.10 Å². The second kappa shape index (κ2) is 4.25. The minimum Gasteiger partial charge on any atom is -0.307 e. The Hall–Kier alpha value is -1.75. The Kier molecular flexibility index (Phi) is 2.60. The van der Waals surface area contributed by atoms with Crippen molar-refractivity contribution in [2.75, 3.05) is 0 Å². The van der Waals surface area contributed by atoms with Crippen LogP contribution < -0.4 is 5.32 Å². The highest BCUT2D eigenvalue weighted by Crippen LogP contribution is 2.19. The highest BCUT2D eigenvalue weighted by Gasteiger charge is 2.21. The molecule has 1 saturated carbocycles. The Balaban J connectivity index is 1.81. The van der Waals surface area contributed by atoms with Gasteiger partial charge in [0, 0.05) is 6.04 Å². The van der Waals surface area contributed by atoms with E-state index in [1.54, 1.807) is 16.8 Å². The summed E-state index contributed by atoms with van der Waals surface area (Å²) in [5.74, 6) is 0.607. The first-order chi connectivity index (χ1) is 8.33. The summed E-state index contributed by atoms with van der Waals surface area (Å²) in [7, 11) is 0. The third kappa shape index (κ3) is 2.34. The third-order valence-electron chi connectivity index (χ3n) is 2.82. The molecule has 5 heteroatoms. The average molecular weight is 232 g/mol. The molecule has 0 atom stereocenters. The van der Waals surface area contributed by atoms with Crippen molar-refractivity contribution in [1.29, 1.82) is 0 Å². The maximum Gasteiger partial charge on any atom is 0.146 e. The van der Waals surface area contributed by atoms with Crippen LogP contribution in [-0.4, -0.2) is 20.8 Å². The second-order valence-corrected chi connectivity index (χ2v) is 4.22. The smallest absolute Gasteiger partial charge is 0.146 e. The maximum atomic E-state index is 12.8. The van der Waals surface area contributed by atoms with Crippen molar-refractivity contribution in [1.82, 2.24) is 20.1 Å². The van der Waals surface area contributed by atoms with Crippen LogP contribution in [0.1, 0.15) is 18.7 Å². The molecular weight excluding hydrogens is 219 g/mol. The molecule has 1 aromatic heterocycles. The molecule has 1 aromatic carbocycles. The minimum atomic E-state index is -0.244. The number of nitrogens with one attached hydrogen (secondary N) is 1. The highest BCUT2D eigenvalue weighted by molar-refractivity contribution is 5.31. The van der Waals surface area contributed by atoms with Crippen molar-refractivity contribution < 1.29 is 4.39 Å². The Labute approximate surface area is 98.5 Å². The Bertz CT molecular complexity index is 501. The third-order valence-corrected chi connectivity index (χ3v) is 2.82. The number of hydrogen-bond acceptors (Lipinski definition) is 3. The van der Waals surface area contributed by atoms with Crippen LogP contribution in [0.15, 0.2) is 30.6 Å². The summed E-state index contributed by atoms with van der Waals surface area (Å²) in [6.07, 6.45) is 4.00. The average Bonchev–Trinajstić information content (AvgIpc) is 3.06. The van der Waals surface area contributed by atoms with Crippen LogP contribution in [0.5, 0.6) is 0 Å². The van der Waals surface area contributed by atoms with Gasteiger partial charge in [-0.25, -0.2) is 14.1 Å². The zero-order valence-electron chi connectivity index (χ0n) is 9.31. The van der Waals surface area contributed by atoms with E-state index in [1.165, 1.54) is 31.3 Å². The van der Waals surface area contributed by atoms with Crippen LogP contribution >= 0.6 is 0 Å². The van der Waals surface area contributed by atoms with Crippen molar-refractivity contribution in [3.05, 3.63) is 42.2 Å². The predicted octanol–water partition coefficient (Wildman–Crippen LogP) is 1.66. The fraction of sp³-hybridized carbons (Fsp3) is 0.333. The summed E-state index contributed by atoms with van der Waals surface area (Å²) >= 11 is 0. The molecule has 3 rings (SSSR count). The molecule has 1 fully saturated rings. The molecule has 4 nitrogen and oxygen atoms in total. The molecule has 1 aliphatic rings. The summed E-state index contributed by atoms with van der Waals surface area (Å²) in [5.41, 5.74) is 0.830. The van der Waals surface area contributed by atoms with Crippen LogP contribution in [0.3, 0.4) is 0 Å². The lowest BCUT2D eigenvalue weighted by molar-refractivity contribution is 0.623. The summed E-state index contributed by atoms with van der Waals surface area (Å²) in [5, 5.41) is 7.54. The predicted molar refractivity (Wildman–Crippen MR) is 61.2 cm³/mol. The largest absolute Gasteiger partial charge is 0.307 e. The fourth-order valence-corrected chi connectivity index (χ4v) is 1.71. The molecule has 0 spiro atoms. The lowest BCUT2D eigenvalue weighted by atomic mass is 10.3. The van der Waals surface area contributed by atoms with Gasteiger partial charge in [-0.15, -0.1) is 0 Å². The summed E-state index contributed by atoms with van der Waals surface area (Å²) < 4.78 is 14.6. The van der Waals surface area contributed by atoms with E-state index in [2.05, 4.69) is 15.4 Å². The lowest BCUT2D eigenvalue weighted by Gasteiger charge is -2.06. The van der Waals surface area contributed by atoms with Gasteiger partial charge in [-0.3, -0.25) is 0 Å². The SMILES string of the molecule is Fc1ccc(-n2ncnc2CNC2CC2)cc1. The van der Waals surface area contributed by atoms with E-state index < -0.39 is 0 Å². The van der Waals surface area contributed by atoms with E-state index in [1.807, 2.05) is 0 Å². The quantitative estimate of drug-likeness (QED) is 0.871. The summed E-state index contributed by atoms with van der Waals surface area (Å²) in [4.78, 5) is 4.21. The standard InChI is InChI=1S/C12H13FN4/c13-9-1-5-11(6-2-9)17-12(15-8-16-17)7-14-10-3-4-10/h1-2,5-6,8,10,14H,3-4,7H2. The van der Waals surface area contributed by atoms with E-state index in [4.69, 9.17) is 0 Å². The Morgan fingerprint density at radius 3 is 2.76 bits per heavy atom. The number of rotatable bonds is 4. The zero-order chi connectivity index (χ0) is 11.7. The molecule has 2 aromatic rings. The monoisotopic (exact) mass is 232 g/mol. The van der Waals surface area contributed by atoms with Gasteiger partial charge in [0.1, 0.15) is 18.0 Å². The van der Waals surface area contributed by atoms with E-state index >= 15 is 0 Å². The molecule has 88 valence electrons. The van der Waals surface area contributed by atoms with Crippen molar-refractivity contribution in [3.63, 3.8) is 0 Å². The van der Waals surface area contributed by atoms with E-state index in [-0.39, 0.29) is 5.82 Å². The molecule has 0 radical (unpaired) electrons. The van der Waals surface area contributed by atoms with Crippen LogP contribution in [0, 0.1) is 5.82 Å². The number of hydrogen-bond donors (Lipinski definition) is 1. The second-order valence-electron chi connectivity index (χ2n) is 4.22. The van der Waals surface area contributed by atoms with Crippen molar-refractivity contribution in [2.24, 2.45) is 0 Å². The van der Waals surface area contributed by atoms with Gasteiger partial charge in [0.2, 0.25) is 0 Å². The van der Waals surface area contributed by atoms with Gasteiger partial charge >= 0.3 is 0 Å². The van der Waals surface area contributed by atoms with Gasteiger partial charge in [-0.1, -0.05) is 0 Å². The van der Waals surface area contributed by atoms with Gasteiger partial charge in [0.05, 0.1) is 12.2 Å². The topological polar surface area (TPSA) is 42.7 Å². The van der Waals surface area contributed by atoms with Gasteiger partial charge in [-0.05, 0) is 37.1 Å². The van der Waals surface area contributed by atoms with Crippen LogP contribution in [0.4, 0.5) is 4.39 Å². The zero-order valence-corrected chi connectivity index (χ0v) is 9.31. The van der Waals surface area contributed by atoms with Gasteiger partial charge in [0.25, 0.3) is 0 Å². The number of benzene rings is 1. The van der Waals surface area contributed by atoms with Crippen LogP contribution in [-0.2, 0) is 6.54 Å². The Morgan fingerprint density at radius 2 is 2.06 bits per heavy atom. The van der Waals surface area contributed by atoms with E-state index in [0.717, 1.165) is 11.5 Å². The molecular formula is C12H13FN4. The molecule has 0 saturated heterocycles. The van der Waals surface area contributed by atoms with Crippen LogP contribution in [0.25, 0.3) is 5.69 Å². The summed E-state index contributed by atoms with van der Waals surface area (Å²) in [6.45, 7) is 0.696. The van der Waals surface area contributed by atoms with Gasteiger partial charge in [0.15, 0.2) is 0 Å². The minimum absolute atomic E-state index is 0.244. The molecule has 0 bridgehead atoms. The van der Waals surface area contributed by atoms with Crippen molar-refractivity contribution in [3.8, 4) is 5.69 Å². The Morgan fingerprint density at radius 1 is 1.29 bits per heavy atom. The normalized spacial score (nSPS) is 15.1. The van der Waals surface area contributed by atoms with Crippen molar-refractivity contribution >= 4 is 0 Å². The molecule has 0 unspecified atom stereocenters. The molecule has 1 aliphatic carbocycles. The number of nitrogens with zero attached hydrogens (tertiary/aromatic N) is 3. The molecule has 0 aliphatic heterocycles. The van der Waals surface area contributed by atoms with E-state index in [0.29, 0.717) is 12.6 Å². The first-order valence-electron chi connectivity index (χ1n) is 5.71. The molecule has 1 heterocycles. The van der Waals surface area contributed by atoms with Gasteiger partial charge < -0.3 is 5.32 Å².